The van der Waals surface area contributed by atoms with Crippen LogP contribution in [-0.4, -0.2) is 21.7 Å². The van der Waals surface area contributed by atoms with E-state index in [4.69, 9.17) is 4.74 Å². The molecule has 0 saturated heterocycles. The second kappa shape index (κ2) is 8.44. The van der Waals surface area contributed by atoms with Crippen molar-refractivity contribution in [3.05, 3.63) is 68.9 Å². The Hall–Kier alpha value is -2.93. The minimum atomic E-state index is -0.550. The average Bonchev–Trinajstić information content (AvgIpc) is 3.22. The van der Waals surface area contributed by atoms with E-state index in [0.717, 1.165) is 42.5 Å². The summed E-state index contributed by atoms with van der Waals surface area (Å²) < 4.78 is 7.11. The molecule has 2 heterocycles. The number of rotatable bonds is 5. The summed E-state index contributed by atoms with van der Waals surface area (Å²) in [6, 6.07) is 9.53. The largest absolute Gasteiger partial charge is 0.444 e. The number of benzene rings is 1. The van der Waals surface area contributed by atoms with E-state index in [1.165, 1.54) is 16.2 Å². The van der Waals surface area contributed by atoms with Crippen LogP contribution in [0.25, 0.3) is 0 Å². The number of aromatic nitrogens is 2. The molecule has 0 unspecified atom stereocenters. The first kappa shape index (κ1) is 20.3. The normalized spacial score (nSPS) is 13.0. The molecule has 1 amide bonds. The number of ketones is 1. The van der Waals surface area contributed by atoms with E-state index >= 15 is 0 Å². The van der Waals surface area contributed by atoms with Crippen LogP contribution in [0.15, 0.2) is 30.3 Å². The van der Waals surface area contributed by atoms with Crippen molar-refractivity contribution in [3.8, 4) is 0 Å². The van der Waals surface area contributed by atoms with Crippen LogP contribution >= 0.6 is 11.3 Å². The number of hydrogen-bond donors (Lipinski definition) is 1. The molecular formula is C23H25N3O3S. The molecule has 30 heavy (non-hydrogen) atoms. The number of nitrogens with one attached hydrogen (secondary N) is 1. The summed E-state index contributed by atoms with van der Waals surface area (Å²) in [5.74, 6) is -0.0733. The summed E-state index contributed by atoms with van der Waals surface area (Å²) in [6.45, 7) is 3.93. The Balaban J connectivity index is 1.62. The quantitative estimate of drug-likeness (QED) is 0.589. The van der Waals surface area contributed by atoms with Gasteiger partial charge in [-0.25, -0.2) is 4.79 Å². The number of aryl methyl sites for hydroxylation is 3. The molecule has 0 spiro atoms. The molecule has 1 aliphatic carbocycles. The Bertz CT molecular complexity index is 1100. The highest BCUT2D eigenvalue weighted by atomic mass is 32.1. The molecule has 1 N–H and O–H groups in total. The van der Waals surface area contributed by atoms with Gasteiger partial charge in [-0.15, -0.1) is 11.3 Å². The van der Waals surface area contributed by atoms with Crippen LogP contribution in [0, 0.1) is 13.8 Å². The van der Waals surface area contributed by atoms with Crippen LogP contribution in [-0.2, 0) is 31.2 Å². The van der Waals surface area contributed by atoms with Gasteiger partial charge >= 0.3 is 6.09 Å². The number of nitrogens with zero attached hydrogens (tertiary/aromatic N) is 2. The molecule has 3 aromatic rings. The predicted molar refractivity (Wildman–Crippen MR) is 117 cm³/mol. The molecule has 0 bridgehead atoms. The SMILES string of the molecule is Cc1nn(C)c(C)c1C(=O)c1c(NC(=O)OCc2ccccc2)sc2c1CCCC2. The molecule has 1 aliphatic rings. The summed E-state index contributed by atoms with van der Waals surface area (Å²) in [5.41, 5.74) is 4.72. The first-order valence-electron chi connectivity index (χ1n) is 10.1. The zero-order valence-electron chi connectivity index (χ0n) is 17.4. The Morgan fingerprint density at radius 1 is 1.13 bits per heavy atom. The molecule has 0 aliphatic heterocycles. The topological polar surface area (TPSA) is 73.2 Å². The third-order valence-corrected chi connectivity index (χ3v) is 6.77. The van der Waals surface area contributed by atoms with Gasteiger partial charge in [0.2, 0.25) is 0 Å². The minimum absolute atomic E-state index is 0.0733. The van der Waals surface area contributed by atoms with Gasteiger partial charge in [0.05, 0.1) is 16.8 Å². The highest BCUT2D eigenvalue weighted by molar-refractivity contribution is 7.17. The molecular weight excluding hydrogens is 398 g/mol. The summed E-state index contributed by atoms with van der Waals surface area (Å²) >= 11 is 1.49. The van der Waals surface area contributed by atoms with E-state index in [1.807, 2.05) is 51.2 Å². The molecule has 0 atom stereocenters. The fourth-order valence-electron chi connectivity index (χ4n) is 3.97. The fourth-order valence-corrected chi connectivity index (χ4v) is 5.25. The smallest absolute Gasteiger partial charge is 0.412 e. The Morgan fingerprint density at radius 3 is 2.57 bits per heavy atom. The van der Waals surface area contributed by atoms with Crippen molar-refractivity contribution in [2.45, 2.75) is 46.1 Å². The Labute approximate surface area is 179 Å². The van der Waals surface area contributed by atoms with E-state index < -0.39 is 6.09 Å². The van der Waals surface area contributed by atoms with Crippen molar-refractivity contribution in [3.63, 3.8) is 0 Å². The lowest BCUT2D eigenvalue weighted by Gasteiger charge is -2.13. The van der Waals surface area contributed by atoms with E-state index in [2.05, 4.69) is 10.4 Å². The maximum Gasteiger partial charge on any atom is 0.412 e. The standard InChI is InChI=1S/C23H25N3O3S/c1-14-19(15(2)26(3)25-14)21(27)20-17-11-7-8-12-18(17)30-22(20)24-23(28)29-13-16-9-5-4-6-10-16/h4-6,9-10H,7-8,11-13H2,1-3H3,(H,24,28). The van der Waals surface area contributed by atoms with Gasteiger partial charge in [0, 0.05) is 17.6 Å². The molecule has 4 rings (SSSR count). The zero-order valence-corrected chi connectivity index (χ0v) is 18.3. The molecule has 0 radical (unpaired) electrons. The number of anilines is 1. The van der Waals surface area contributed by atoms with Crippen molar-refractivity contribution in [1.29, 1.82) is 0 Å². The van der Waals surface area contributed by atoms with Crippen LogP contribution < -0.4 is 5.32 Å². The monoisotopic (exact) mass is 423 g/mol. The molecule has 0 fully saturated rings. The van der Waals surface area contributed by atoms with Gasteiger partial charge in [0.1, 0.15) is 11.6 Å². The number of carbonyl (C=O) groups is 2. The first-order chi connectivity index (χ1) is 14.5. The number of hydrogen-bond acceptors (Lipinski definition) is 5. The van der Waals surface area contributed by atoms with Crippen molar-refractivity contribution in [1.82, 2.24) is 9.78 Å². The highest BCUT2D eigenvalue weighted by Crippen LogP contribution is 2.40. The van der Waals surface area contributed by atoms with Gasteiger partial charge in [-0.05, 0) is 50.7 Å². The van der Waals surface area contributed by atoms with Crippen LogP contribution in [0.3, 0.4) is 0 Å². The number of ether oxygens (including phenoxy) is 1. The fraction of sp³-hybridized carbons (Fsp3) is 0.348. The van der Waals surface area contributed by atoms with Crippen LogP contribution in [0.5, 0.6) is 0 Å². The maximum atomic E-state index is 13.6. The van der Waals surface area contributed by atoms with Gasteiger partial charge in [-0.2, -0.15) is 5.10 Å². The van der Waals surface area contributed by atoms with Crippen molar-refractivity contribution < 1.29 is 14.3 Å². The Kier molecular flexibility index (Phi) is 5.72. The van der Waals surface area contributed by atoms with Crippen molar-refractivity contribution in [2.24, 2.45) is 7.05 Å². The van der Waals surface area contributed by atoms with Crippen LogP contribution in [0.2, 0.25) is 0 Å². The van der Waals surface area contributed by atoms with E-state index in [-0.39, 0.29) is 12.4 Å². The molecule has 1 aromatic carbocycles. The summed E-state index contributed by atoms with van der Waals surface area (Å²) in [7, 11) is 1.84. The van der Waals surface area contributed by atoms with Crippen LogP contribution in [0.4, 0.5) is 9.80 Å². The van der Waals surface area contributed by atoms with Crippen molar-refractivity contribution >= 4 is 28.2 Å². The van der Waals surface area contributed by atoms with Gasteiger partial charge < -0.3 is 4.74 Å². The lowest BCUT2D eigenvalue weighted by molar-refractivity contribution is 0.103. The third kappa shape index (κ3) is 3.89. The van der Waals surface area contributed by atoms with Crippen LogP contribution in [0.1, 0.15) is 56.2 Å². The highest BCUT2D eigenvalue weighted by Gasteiger charge is 2.30. The van der Waals surface area contributed by atoms with E-state index in [0.29, 0.717) is 21.8 Å². The lowest BCUT2D eigenvalue weighted by Crippen LogP contribution is -2.16. The minimum Gasteiger partial charge on any atom is -0.444 e. The molecule has 156 valence electrons. The van der Waals surface area contributed by atoms with Gasteiger partial charge in [-0.3, -0.25) is 14.8 Å². The molecule has 7 heteroatoms. The number of amides is 1. The van der Waals surface area contributed by atoms with E-state index in [1.54, 1.807) is 4.68 Å². The maximum absolute atomic E-state index is 13.6. The zero-order chi connectivity index (χ0) is 21.3. The molecule has 2 aromatic heterocycles. The summed E-state index contributed by atoms with van der Waals surface area (Å²) in [4.78, 5) is 27.3. The Morgan fingerprint density at radius 2 is 1.87 bits per heavy atom. The van der Waals surface area contributed by atoms with Gasteiger partial charge in [0.25, 0.3) is 0 Å². The number of fused-ring (bicyclic) bond motifs is 1. The average molecular weight is 424 g/mol. The first-order valence-corrected chi connectivity index (χ1v) is 10.9. The number of thiophene rings is 1. The summed E-state index contributed by atoms with van der Waals surface area (Å²) in [5, 5.41) is 7.81. The lowest BCUT2D eigenvalue weighted by atomic mass is 9.91. The second-order valence-electron chi connectivity index (χ2n) is 7.60. The van der Waals surface area contributed by atoms with E-state index in [9.17, 15) is 9.59 Å². The summed E-state index contributed by atoms with van der Waals surface area (Å²) in [6.07, 6.45) is 3.39. The van der Waals surface area contributed by atoms with Crippen molar-refractivity contribution in [2.75, 3.05) is 5.32 Å². The predicted octanol–water partition coefficient (Wildman–Crippen LogP) is 4.96. The number of carbonyl (C=O) groups excluding carboxylic acids is 2. The van der Waals surface area contributed by atoms with Gasteiger partial charge in [0.15, 0.2) is 5.78 Å². The van der Waals surface area contributed by atoms with Gasteiger partial charge in [-0.1, -0.05) is 30.3 Å². The third-order valence-electron chi connectivity index (χ3n) is 5.56. The molecule has 0 saturated carbocycles. The molecule has 6 nitrogen and oxygen atoms in total. The second-order valence-corrected chi connectivity index (χ2v) is 8.71.